The summed E-state index contributed by atoms with van der Waals surface area (Å²) >= 11 is 9.56. The summed E-state index contributed by atoms with van der Waals surface area (Å²) in [4.78, 5) is 28.9. The lowest BCUT2D eigenvalue weighted by Crippen LogP contribution is -2.43. The van der Waals surface area contributed by atoms with Crippen molar-refractivity contribution in [1.82, 2.24) is 5.32 Å². The molecule has 0 spiro atoms. The Bertz CT molecular complexity index is 1350. The number of hydrogen-bond acceptors (Lipinski definition) is 5. The van der Waals surface area contributed by atoms with Gasteiger partial charge in [-0.05, 0) is 90.1 Å². The molecule has 4 nitrogen and oxygen atoms in total. The second-order valence-corrected chi connectivity index (χ2v) is 12.1. The van der Waals surface area contributed by atoms with Gasteiger partial charge in [0.15, 0.2) is 0 Å². The fraction of sp³-hybridized carbons (Fsp3) is 0.103. The highest BCUT2D eigenvalue weighted by Crippen LogP contribution is 2.41. The molecule has 0 saturated heterocycles. The van der Waals surface area contributed by atoms with Crippen molar-refractivity contribution in [2.45, 2.75) is 21.1 Å². The zero-order chi connectivity index (χ0) is 26.2. The summed E-state index contributed by atoms with van der Waals surface area (Å²) in [6, 6.07) is 31.2. The lowest BCUT2D eigenvalue weighted by atomic mass is 10.0. The Hall–Kier alpha value is -2.52. The maximum atomic E-state index is 13.9. The Kier molecular flexibility index (Phi) is 9.91. The Morgan fingerprint density at radius 2 is 1.41 bits per heavy atom. The number of nitrogens with one attached hydrogen (secondary N) is 1. The molecule has 37 heavy (non-hydrogen) atoms. The molecule has 4 rings (SSSR count). The van der Waals surface area contributed by atoms with E-state index in [0.717, 1.165) is 36.1 Å². The lowest BCUT2D eigenvalue weighted by molar-refractivity contribution is -0.112. The van der Waals surface area contributed by atoms with Gasteiger partial charge in [-0.25, -0.2) is 0 Å². The summed E-state index contributed by atoms with van der Waals surface area (Å²) in [5.41, 5.74) is 1.36. The minimum atomic E-state index is -0.831. The van der Waals surface area contributed by atoms with E-state index in [1.807, 2.05) is 78.9 Å². The van der Waals surface area contributed by atoms with Crippen molar-refractivity contribution in [1.29, 1.82) is 0 Å². The minimum absolute atomic E-state index is 0.163. The number of methoxy groups -OCH3 is 1. The van der Waals surface area contributed by atoms with Crippen molar-refractivity contribution in [3.8, 4) is 5.75 Å². The summed E-state index contributed by atoms with van der Waals surface area (Å²) in [5.74, 6) is 0.375. The minimum Gasteiger partial charge on any atom is -0.497 e. The number of ether oxygens (including phenoxy) is 1. The van der Waals surface area contributed by atoms with Gasteiger partial charge in [0.1, 0.15) is 11.8 Å². The van der Waals surface area contributed by atoms with Crippen LogP contribution in [0.25, 0.3) is 0 Å². The molecule has 188 valence electrons. The zero-order valence-corrected chi connectivity index (χ0v) is 24.6. The Labute approximate surface area is 241 Å². The van der Waals surface area contributed by atoms with Crippen LogP contribution in [-0.2, 0) is 4.79 Å². The molecular formula is C29H23Br2NO3S2. The van der Waals surface area contributed by atoms with Gasteiger partial charge in [0.25, 0.3) is 5.91 Å². The van der Waals surface area contributed by atoms with Crippen molar-refractivity contribution in [3.05, 3.63) is 123 Å². The molecular weight excluding hydrogens is 634 g/mol. The molecule has 0 saturated carbocycles. The van der Waals surface area contributed by atoms with Crippen LogP contribution in [0.3, 0.4) is 0 Å². The van der Waals surface area contributed by atoms with Gasteiger partial charge in [0.2, 0.25) is 5.12 Å². The van der Waals surface area contributed by atoms with E-state index >= 15 is 0 Å². The van der Waals surface area contributed by atoms with Gasteiger partial charge in [-0.1, -0.05) is 62.2 Å². The molecule has 0 fully saturated rings. The van der Waals surface area contributed by atoms with Crippen molar-refractivity contribution < 1.29 is 14.3 Å². The van der Waals surface area contributed by atoms with Crippen LogP contribution in [0.2, 0.25) is 0 Å². The van der Waals surface area contributed by atoms with Crippen molar-refractivity contribution >= 4 is 66.4 Å². The summed E-state index contributed by atoms with van der Waals surface area (Å²) < 4.78 is 7.36. The van der Waals surface area contributed by atoms with E-state index < -0.39 is 11.3 Å². The van der Waals surface area contributed by atoms with Gasteiger partial charge < -0.3 is 10.1 Å². The number of benzene rings is 4. The highest BCUT2D eigenvalue weighted by atomic mass is 79.9. The fourth-order valence-corrected chi connectivity index (χ4v) is 6.20. The smallest absolute Gasteiger partial charge is 0.251 e. The first-order valence-electron chi connectivity index (χ1n) is 11.3. The van der Waals surface area contributed by atoms with E-state index in [1.165, 1.54) is 11.8 Å². The summed E-state index contributed by atoms with van der Waals surface area (Å²) in [7, 11) is 1.61. The van der Waals surface area contributed by atoms with Crippen LogP contribution in [0.15, 0.2) is 122 Å². The molecule has 0 unspecified atom stereocenters. The van der Waals surface area contributed by atoms with Gasteiger partial charge in [-0.3, -0.25) is 9.59 Å². The van der Waals surface area contributed by atoms with Crippen LogP contribution in [-0.4, -0.2) is 24.2 Å². The summed E-state index contributed by atoms with van der Waals surface area (Å²) in [5, 5.41) is 2.46. The van der Waals surface area contributed by atoms with Crippen molar-refractivity contribution in [2.24, 2.45) is 0 Å². The third-order valence-corrected chi connectivity index (χ3v) is 8.77. The van der Waals surface area contributed by atoms with Crippen LogP contribution in [0, 0.1) is 0 Å². The number of rotatable bonds is 9. The third-order valence-electron chi connectivity index (χ3n) is 5.41. The molecule has 0 aliphatic carbocycles. The van der Waals surface area contributed by atoms with Gasteiger partial charge in [-0.15, -0.1) is 11.8 Å². The van der Waals surface area contributed by atoms with E-state index in [0.29, 0.717) is 11.3 Å². The van der Waals surface area contributed by atoms with Gasteiger partial charge in [0, 0.05) is 24.3 Å². The Morgan fingerprint density at radius 3 is 2.03 bits per heavy atom. The zero-order valence-electron chi connectivity index (χ0n) is 19.8. The molecule has 0 aliphatic rings. The molecule has 0 aliphatic heterocycles. The number of hydrogen-bond donors (Lipinski definition) is 1. The van der Waals surface area contributed by atoms with Crippen LogP contribution < -0.4 is 10.1 Å². The predicted molar refractivity (Wildman–Crippen MR) is 158 cm³/mol. The van der Waals surface area contributed by atoms with E-state index in [-0.39, 0.29) is 11.0 Å². The van der Waals surface area contributed by atoms with Crippen molar-refractivity contribution in [2.75, 3.05) is 7.11 Å². The SMILES string of the molecule is COc1cccc([C@@H](Sc2ccc(Br)cc2)[C@H](NC(=O)c2ccccc2)C(=O)Sc2ccc(Br)cc2)c1. The summed E-state index contributed by atoms with van der Waals surface area (Å²) in [6.07, 6.45) is 0. The molecule has 0 aromatic heterocycles. The lowest BCUT2D eigenvalue weighted by Gasteiger charge is -2.27. The van der Waals surface area contributed by atoms with Gasteiger partial charge >= 0.3 is 0 Å². The largest absolute Gasteiger partial charge is 0.497 e. The van der Waals surface area contributed by atoms with Crippen molar-refractivity contribution in [3.63, 3.8) is 0 Å². The molecule has 2 atom stereocenters. The second-order valence-electron chi connectivity index (χ2n) is 7.96. The normalized spacial score (nSPS) is 12.4. The first kappa shape index (κ1) is 27.5. The maximum Gasteiger partial charge on any atom is 0.251 e. The standard InChI is InChI=1S/C29H23Br2NO3S2/c1-35-23-9-5-8-20(18-23)27(36-24-14-10-21(30)11-15-24)26(32-28(33)19-6-3-2-4-7-19)29(34)37-25-16-12-22(31)13-17-25/h2-18,26-27H,1H3,(H,32,33)/t26-,27+/m0/s1. The Morgan fingerprint density at radius 1 is 0.784 bits per heavy atom. The van der Waals surface area contributed by atoms with Crippen LogP contribution in [0.4, 0.5) is 0 Å². The average molecular weight is 657 g/mol. The molecule has 4 aromatic carbocycles. The van der Waals surface area contributed by atoms with E-state index in [2.05, 4.69) is 37.2 Å². The number of halogens is 2. The third kappa shape index (κ3) is 7.74. The molecule has 0 radical (unpaired) electrons. The predicted octanol–water partition coefficient (Wildman–Crippen LogP) is 8.17. The van der Waals surface area contributed by atoms with Crippen LogP contribution >= 0.6 is 55.4 Å². The van der Waals surface area contributed by atoms with E-state index in [4.69, 9.17) is 4.74 Å². The average Bonchev–Trinajstić information content (AvgIpc) is 2.93. The summed E-state index contributed by atoms with van der Waals surface area (Å²) in [6.45, 7) is 0. The monoisotopic (exact) mass is 655 g/mol. The van der Waals surface area contributed by atoms with Crippen LogP contribution in [0.1, 0.15) is 21.2 Å². The topological polar surface area (TPSA) is 55.4 Å². The number of carbonyl (C=O) groups is 2. The quantitative estimate of drug-likeness (QED) is 0.184. The molecule has 8 heteroatoms. The number of carbonyl (C=O) groups excluding carboxylic acids is 2. The number of thioether (sulfide) groups is 2. The molecule has 1 N–H and O–H groups in total. The first-order valence-corrected chi connectivity index (χ1v) is 14.6. The molecule has 0 heterocycles. The Balaban J connectivity index is 1.74. The molecule has 4 aromatic rings. The second kappa shape index (κ2) is 13.3. The highest BCUT2D eigenvalue weighted by Gasteiger charge is 2.33. The molecule has 1 amide bonds. The van der Waals surface area contributed by atoms with E-state index in [9.17, 15) is 9.59 Å². The van der Waals surface area contributed by atoms with Crippen LogP contribution in [0.5, 0.6) is 5.75 Å². The maximum absolute atomic E-state index is 13.9. The number of amides is 1. The van der Waals surface area contributed by atoms with Gasteiger partial charge in [-0.2, -0.15) is 0 Å². The van der Waals surface area contributed by atoms with Gasteiger partial charge in [0.05, 0.1) is 12.4 Å². The van der Waals surface area contributed by atoms with E-state index in [1.54, 1.807) is 31.4 Å². The molecule has 0 bridgehead atoms. The first-order chi connectivity index (χ1) is 17.9. The highest BCUT2D eigenvalue weighted by molar-refractivity contribution is 9.10. The fourth-order valence-electron chi connectivity index (χ4n) is 3.56.